The molecule has 0 saturated carbocycles. The van der Waals surface area contributed by atoms with Gasteiger partial charge in [-0.2, -0.15) is 11.8 Å². The van der Waals surface area contributed by atoms with Gasteiger partial charge in [0.25, 0.3) is 5.91 Å². The Hall–Kier alpha value is -1.99. The molecule has 0 atom stereocenters. The van der Waals surface area contributed by atoms with E-state index in [1.165, 1.54) is 18.9 Å². The van der Waals surface area contributed by atoms with Crippen LogP contribution in [0.1, 0.15) is 22.2 Å². The minimum absolute atomic E-state index is 0.0531. The third kappa shape index (κ3) is 6.43. The zero-order chi connectivity index (χ0) is 18.1. The Kier molecular flexibility index (Phi) is 7.81. The van der Waals surface area contributed by atoms with Crippen LogP contribution in [0.4, 0.5) is 0 Å². The van der Waals surface area contributed by atoms with Gasteiger partial charge in [-0.15, -0.1) is 11.3 Å². The van der Waals surface area contributed by atoms with Gasteiger partial charge in [0.1, 0.15) is 0 Å². The molecule has 0 spiro atoms. The lowest BCUT2D eigenvalue weighted by Gasteiger charge is -2.11. The molecule has 25 heavy (non-hydrogen) atoms. The fourth-order valence-electron chi connectivity index (χ4n) is 2.03. The number of ether oxygens (including phenoxy) is 2. The number of thioether (sulfide) groups is 1. The van der Waals surface area contributed by atoms with E-state index in [9.17, 15) is 9.59 Å². The number of carbonyl (C=O) groups is 2. The van der Waals surface area contributed by atoms with E-state index in [0.717, 1.165) is 11.5 Å². The van der Waals surface area contributed by atoms with Gasteiger partial charge in [0.15, 0.2) is 23.9 Å². The number of hydrogen-bond donors (Lipinski definition) is 1. The van der Waals surface area contributed by atoms with Gasteiger partial charge >= 0.3 is 0 Å². The van der Waals surface area contributed by atoms with Crippen molar-refractivity contribution >= 4 is 34.8 Å². The Morgan fingerprint density at radius 1 is 1.24 bits per heavy atom. The number of amides is 1. The van der Waals surface area contributed by atoms with E-state index >= 15 is 0 Å². The van der Waals surface area contributed by atoms with Crippen LogP contribution in [0.15, 0.2) is 35.7 Å². The average molecular weight is 380 g/mol. The van der Waals surface area contributed by atoms with E-state index in [4.69, 9.17) is 9.47 Å². The highest BCUT2D eigenvalue weighted by molar-refractivity contribution is 7.98. The average Bonchev–Trinajstić information content (AvgIpc) is 3.12. The summed E-state index contributed by atoms with van der Waals surface area (Å²) < 4.78 is 10.7. The second kappa shape index (κ2) is 10.1. The summed E-state index contributed by atoms with van der Waals surface area (Å²) in [5.41, 5.74) is 0.538. The summed E-state index contributed by atoms with van der Waals surface area (Å²) in [6, 6.07) is 9.04. The Bertz CT molecular complexity index is 701. The standard InChI is InChI=1S/C18H21NO4S2/c1-13(20)14-5-6-16(17(10-14)22-2)23-11-18(21)19-7-9-24-12-15-4-3-8-25-15/h3-6,8,10H,7,9,11-12H2,1-2H3,(H,19,21). The zero-order valence-corrected chi connectivity index (χ0v) is 15.9. The molecule has 1 heterocycles. The van der Waals surface area contributed by atoms with Crippen molar-refractivity contribution < 1.29 is 19.1 Å². The van der Waals surface area contributed by atoms with E-state index < -0.39 is 0 Å². The predicted octanol–water partition coefficient (Wildman–Crippen LogP) is 3.39. The number of methoxy groups -OCH3 is 1. The lowest BCUT2D eigenvalue weighted by molar-refractivity contribution is -0.122. The van der Waals surface area contributed by atoms with Crippen molar-refractivity contribution in [2.75, 3.05) is 26.0 Å². The Morgan fingerprint density at radius 2 is 2.08 bits per heavy atom. The molecule has 0 fully saturated rings. The first-order valence-corrected chi connectivity index (χ1v) is 9.82. The first-order chi connectivity index (χ1) is 12.1. The van der Waals surface area contributed by atoms with E-state index in [-0.39, 0.29) is 18.3 Å². The molecule has 5 nitrogen and oxygen atoms in total. The van der Waals surface area contributed by atoms with Crippen LogP contribution >= 0.6 is 23.1 Å². The lowest BCUT2D eigenvalue weighted by Crippen LogP contribution is -2.30. The molecule has 7 heteroatoms. The molecule has 0 bridgehead atoms. The van der Waals surface area contributed by atoms with Crippen molar-refractivity contribution in [3.8, 4) is 11.5 Å². The van der Waals surface area contributed by atoms with Crippen molar-refractivity contribution in [1.82, 2.24) is 5.32 Å². The third-order valence-electron chi connectivity index (χ3n) is 3.32. The third-order valence-corrected chi connectivity index (χ3v) is 5.39. The van der Waals surface area contributed by atoms with Crippen molar-refractivity contribution in [1.29, 1.82) is 0 Å². The summed E-state index contributed by atoms with van der Waals surface area (Å²) in [6.07, 6.45) is 0. The first kappa shape index (κ1) is 19.3. The highest BCUT2D eigenvalue weighted by Crippen LogP contribution is 2.28. The molecule has 0 unspecified atom stereocenters. The maximum absolute atomic E-state index is 11.8. The molecule has 2 rings (SSSR count). The first-order valence-electron chi connectivity index (χ1n) is 7.78. The summed E-state index contributed by atoms with van der Waals surface area (Å²) >= 11 is 3.52. The van der Waals surface area contributed by atoms with Gasteiger partial charge in [0.05, 0.1) is 7.11 Å². The lowest BCUT2D eigenvalue weighted by atomic mass is 10.1. The fourth-order valence-corrected chi connectivity index (χ4v) is 3.73. The smallest absolute Gasteiger partial charge is 0.257 e. The fraction of sp³-hybridized carbons (Fsp3) is 0.333. The molecule has 1 aromatic heterocycles. The Morgan fingerprint density at radius 3 is 2.76 bits per heavy atom. The SMILES string of the molecule is COc1cc(C(C)=O)ccc1OCC(=O)NCCSCc1cccs1. The number of ketones is 1. The normalized spacial score (nSPS) is 10.3. The maximum Gasteiger partial charge on any atom is 0.257 e. The minimum atomic E-state index is -0.186. The van der Waals surface area contributed by atoms with Gasteiger partial charge in [-0.3, -0.25) is 9.59 Å². The van der Waals surface area contributed by atoms with Crippen LogP contribution < -0.4 is 14.8 Å². The molecule has 0 aliphatic carbocycles. The van der Waals surface area contributed by atoms with Crippen LogP contribution in [0.5, 0.6) is 11.5 Å². The monoisotopic (exact) mass is 379 g/mol. The van der Waals surface area contributed by atoms with Crippen LogP contribution in [0.2, 0.25) is 0 Å². The number of nitrogens with one attached hydrogen (secondary N) is 1. The molecular weight excluding hydrogens is 358 g/mol. The van der Waals surface area contributed by atoms with Gasteiger partial charge in [-0.05, 0) is 36.6 Å². The van der Waals surface area contributed by atoms with Crippen molar-refractivity contribution in [3.63, 3.8) is 0 Å². The van der Waals surface area contributed by atoms with Crippen LogP contribution in [-0.2, 0) is 10.5 Å². The van der Waals surface area contributed by atoms with E-state index in [0.29, 0.717) is 23.6 Å². The highest BCUT2D eigenvalue weighted by Gasteiger charge is 2.10. The number of rotatable bonds is 10. The largest absolute Gasteiger partial charge is 0.493 e. The van der Waals surface area contributed by atoms with Crippen molar-refractivity contribution in [2.24, 2.45) is 0 Å². The quantitative estimate of drug-likeness (QED) is 0.506. The van der Waals surface area contributed by atoms with E-state index in [1.54, 1.807) is 41.3 Å². The van der Waals surface area contributed by atoms with Crippen molar-refractivity contribution in [2.45, 2.75) is 12.7 Å². The molecule has 0 aliphatic rings. The summed E-state index contributed by atoms with van der Waals surface area (Å²) in [6.45, 7) is 1.99. The number of thiophene rings is 1. The number of benzene rings is 1. The molecule has 1 amide bonds. The second-order valence-corrected chi connectivity index (χ2v) is 7.33. The Balaban J connectivity index is 1.69. The van der Waals surface area contributed by atoms with E-state index in [2.05, 4.69) is 16.8 Å². The summed E-state index contributed by atoms with van der Waals surface area (Å²) in [5.74, 6) is 2.45. The highest BCUT2D eigenvalue weighted by atomic mass is 32.2. The molecular formula is C18H21NO4S2. The Labute approximate surface area is 155 Å². The zero-order valence-electron chi connectivity index (χ0n) is 14.2. The molecule has 0 radical (unpaired) electrons. The van der Waals surface area contributed by atoms with Crippen LogP contribution in [0, 0.1) is 0 Å². The number of hydrogen-bond acceptors (Lipinski definition) is 6. The van der Waals surface area contributed by atoms with Crippen molar-refractivity contribution in [3.05, 3.63) is 46.2 Å². The van der Waals surface area contributed by atoms with Gasteiger partial charge in [-0.1, -0.05) is 6.07 Å². The molecule has 2 aromatic rings. The molecule has 1 N–H and O–H groups in total. The summed E-state index contributed by atoms with van der Waals surface area (Å²) in [5, 5.41) is 4.89. The second-order valence-electron chi connectivity index (χ2n) is 5.19. The van der Waals surface area contributed by atoms with Crippen LogP contribution in [-0.4, -0.2) is 37.7 Å². The van der Waals surface area contributed by atoms with Crippen LogP contribution in [0.3, 0.4) is 0 Å². The summed E-state index contributed by atoms with van der Waals surface area (Å²) in [7, 11) is 1.50. The van der Waals surface area contributed by atoms with E-state index in [1.807, 2.05) is 6.07 Å². The topological polar surface area (TPSA) is 64.6 Å². The number of carbonyl (C=O) groups excluding carboxylic acids is 2. The van der Waals surface area contributed by atoms with Gasteiger partial charge in [0, 0.05) is 28.5 Å². The van der Waals surface area contributed by atoms with Gasteiger partial charge in [0.2, 0.25) is 0 Å². The maximum atomic E-state index is 11.8. The molecule has 134 valence electrons. The minimum Gasteiger partial charge on any atom is -0.493 e. The number of Topliss-reactive ketones (excluding diaryl/α,β-unsaturated/α-hetero) is 1. The van der Waals surface area contributed by atoms with Gasteiger partial charge in [-0.25, -0.2) is 0 Å². The molecule has 0 saturated heterocycles. The molecule has 1 aromatic carbocycles. The van der Waals surface area contributed by atoms with Crippen LogP contribution in [0.25, 0.3) is 0 Å². The molecule has 0 aliphatic heterocycles. The summed E-state index contributed by atoms with van der Waals surface area (Å²) in [4.78, 5) is 24.6. The predicted molar refractivity (Wildman–Crippen MR) is 102 cm³/mol. The van der Waals surface area contributed by atoms with Gasteiger partial charge < -0.3 is 14.8 Å².